The van der Waals surface area contributed by atoms with Gasteiger partial charge in [-0.15, -0.1) is 0 Å². The molecule has 7 heteroatoms. The molecular formula is C14H18N6O. The molecule has 0 radical (unpaired) electrons. The van der Waals surface area contributed by atoms with Crippen molar-refractivity contribution in [2.45, 2.75) is 26.9 Å². The molecule has 0 amide bonds. The second kappa shape index (κ2) is 5.08. The summed E-state index contributed by atoms with van der Waals surface area (Å²) in [5, 5.41) is 12.2. The van der Waals surface area contributed by atoms with Gasteiger partial charge in [-0.2, -0.15) is 0 Å². The Hall–Kier alpha value is -2.57. The van der Waals surface area contributed by atoms with Gasteiger partial charge in [0.1, 0.15) is 11.6 Å². The van der Waals surface area contributed by atoms with E-state index in [1.807, 2.05) is 26.1 Å². The summed E-state index contributed by atoms with van der Waals surface area (Å²) in [4.78, 5) is 11.1. The Morgan fingerprint density at radius 1 is 1.38 bits per heavy atom. The number of rotatable bonds is 2. The summed E-state index contributed by atoms with van der Waals surface area (Å²) >= 11 is 0. The standard InChI is InChI=1S/C14H18N6O/c1-9-7-10(2)17-14(12(9)13(15)18-21)20-6-5-19-4-3-16-11(19)8-20/h3-4,7,21H,5-6,8H2,1-2H3,(H2,15,18). The molecule has 110 valence electrons. The van der Waals surface area contributed by atoms with Crippen molar-refractivity contribution in [3.8, 4) is 0 Å². The third-order valence-corrected chi connectivity index (χ3v) is 3.73. The highest BCUT2D eigenvalue weighted by atomic mass is 16.4. The van der Waals surface area contributed by atoms with Gasteiger partial charge >= 0.3 is 0 Å². The number of anilines is 1. The minimum atomic E-state index is 0.0870. The van der Waals surface area contributed by atoms with Crippen LogP contribution in [-0.4, -0.2) is 32.1 Å². The van der Waals surface area contributed by atoms with E-state index in [2.05, 4.69) is 24.6 Å². The fourth-order valence-corrected chi connectivity index (χ4v) is 2.77. The number of amidine groups is 1. The van der Waals surface area contributed by atoms with Crippen LogP contribution in [0, 0.1) is 13.8 Å². The maximum absolute atomic E-state index is 9.03. The van der Waals surface area contributed by atoms with Crippen LogP contribution in [0.25, 0.3) is 0 Å². The Labute approximate surface area is 122 Å². The number of fused-ring (bicyclic) bond motifs is 1. The lowest BCUT2D eigenvalue weighted by Crippen LogP contribution is -2.36. The molecular weight excluding hydrogens is 268 g/mol. The maximum atomic E-state index is 9.03. The van der Waals surface area contributed by atoms with Crippen molar-refractivity contribution < 1.29 is 5.21 Å². The quantitative estimate of drug-likeness (QED) is 0.372. The number of aryl methyl sites for hydroxylation is 2. The number of pyridine rings is 1. The summed E-state index contributed by atoms with van der Waals surface area (Å²) in [6.45, 7) is 6.20. The first-order chi connectivity index (χ1) is 10.1. The normalized spacial score (nSPS) is 15.1. The highest BCUT2D eigenvalue weighted by Gasteiger charge is 2.23. The molecule has 0 aliphatic carbocycles. The second-order valence-corrected chi connectivity index (χ2v) is 5.22. The Balaban J connectivity index is 2.06. The summed E-state index contributed by atoms with van der Waals surface area (Å²) in [6, 6.07) is 1.93. The van der Waals surface area contributed by atoms with E-state index in [9.17, 15) is 0 Å². The maximum Gasteiger partial charge on any atom is 0.174 e. The van der Waals surface area contributed by atoms with Crippen LogP contribution < -0.4 is 10.6 Å². The van der Waals surface area contributed by atoms with Crippen LogP contribution in [0.4, 0.5) is 5.82 Å². The molecule has 1 aliphatic heterocycles. The van der Waals surface area contributed by atoms with Gasteiger partial charge in [0.15, 0.2) is 5.84 Å². The van der Waals surface area contributed by atoms with E-state index >= 15 is 0 Å². The van der Waals surface area contributed by atoms with Gasteiger partial charge in [-0.3, -0.25) is 0 Å². The van der Waals surface area contributed by atoms with Gasteiger partial charge in [-0.25, -0.2) is 9.97 Å². The average Bonchev–Trinajstić information content (AvgIpc) is 2.93. The fourth-order valence-electron chi connectivity index (χ4n) is 2.77. The van der Waals surface area contributed by atoms with Crippen molar-refractivity contribution in [2.75, 3.05) is 11.4 Å². The molecule has 0 saturated carbocycles. The number of nitrogens with two attached hydrogens (primary N) is 1. The number of imidazole rings is 1. The Bertz CT molecular complexity index is 705. The molecule has 1 aliphatic rings. The van der Waals surface area contributed by atoms with Crippen molar-refractivity contribution in [3.63, 3.8) is 0 Å². The predicted octanol–water partition coefficient (Wildman–Crippen LogP) is 1.01. The number of hydrogen-bond acceptors (Lipinski definition) is 5. The zero-order chi connectivity index (χ0) is 15.0. The summed E-state index contributed by atoms with van der Waals surface area (Å²) in [5.41, 5.74) is 8.38. The molecule has 0 spiro atoms. The van der Waals surface area contributed by atoms with Gasteiger partial charge in [0.25, 0.3) is 0 Å². The van der Waals surface area contributed by atoms with Crippen molar-refractivity contribution in [1.29, 1.82) is 0 Å². The molecule has 0 unspecified atom stereocenters. The lowest BCUT2D eigenvalue weighted by atomic mass is 10.1. The Morgan fingerprint density at radius 3 is 2.95 bits per heavy atom. The largest absolute Gasteiger partial charge is 0.409 e. The van der Waals surface area contributed by atoms with Gasteiger partial charge in [-0.1, -0.05) is 5.16 Å². The molecule has 3 heterocycles. The molecule has 3 rings (SSSR count). The van der Waals surface area contributed by atoms with Crippen LogP contribution in [0.1, 0.15) is 22.6 Å². The highest BCUT2D eigenvalue weighted by Crippen LogP contribution is 2.25. The van der Waals surface area contributed by atoms with Crippen LogP contribution in [0.15, 0.2) is 23.6 Å². The topological polar surface area (TPSA) is 92.6 Å². The zero-order valence-electron chi connectivity index (χ0n) is 12.1. The van der Waals surface area contributed by atoms with Crippen LogP contribution in [0.2, 0.25) is 0 Å². The number of oxime groups is 1. The van der Waals surface area contributed by atoms with Gasteiger partial charge in [0, 0.05) is 31.2 Å². The van der Waals surface area contributed by atoms with E-state index < -0.39 is 0 Å². The fraction of sp³-hybridized carbons (Fsp3) is 0.357. The SMILES string of the molecule is Cc1cc(C)c(C(N)=NO)c(N2CCn3ccnc3C2)n1. The minimum Gasteiger partial charge on any atom is -0.409 e. The van der Waals surface area contributed by atoms with Crippen molar-refractivity contribution in [1.82, 2.24) is 14.5 Å². The number of nitrogens with zero attached hydrogens (tertiary/aromatic N) is 5. The first kappa shape index (κ1) is 13.4. The molecule has 0 fully saturated rings. The second-order valence-electron chi connectivity index (χ2n) is 5.22. The van der Waals surface area contributed by atoms with E-state index in [0.717, 1.165) is 36.0 Å². The monoisotopic (exact) mass is 286 g/mol. The Kier molecular flexibility index (Phi) is 3.25. The number of hydrogen-bond donors (Lipinski definition) is 2. The smallest absolute Gasteiger partial charge is 0.174 e. The highest BCUT2D eigenvalue weighted by molar-refractivity contribution is 6.02. The van der Waals surface area contributed by atoms with Crippen molar-refractivity contribution in [3.05, 3.63) is 41.1 Å². The van der Waals surface area contributed by atoms with E-state index in [4.69, 9.17) is 10.9 Å². The van der Waals surface area contributed by atoms with Crippen molar-refractivity contribution >= 4 is 11.7 Å². The predicted molar refractivity (Wildman–Crippen MR) is 79.5 cm³/mol. The molecule has 3 N–H and O–H groups in total. The van der Waals surface area contributed by atoms with E-state index in [0.29, 0.717) is 12.1 Å². The van der Waals surface area contributed by atoms with Crippen LogP contribution in [-0.2, 0) is 13.1 Å². The summed E-state index contributed by atoms with van der Waals surface area (Å²) in [5.74, 6) is 1.83. The molecule has 0 atom stereocenters. The molecule has 0 bridgehead atoms. The van der Waals surface area contributed by atoms with Gasteiger partial charge in [0.2, 0.25) is 0 Å². The van der Waals surface area contributed by atoms with Gasteiger partial charge in [0.05, 0.1) is 12.1 Å². The van der Waals surface area contributed by atoms with Crippen LogP contribution >= 0.6 is 0 Å². The molecule has 0 aromatic carbocycles. The number of aromatic nitrogens is 3. The van der Waals surface area contributed by atoms with Gasteiger partial charge < -0.3 is 20.4 Å². The molecule has 21 heavy (non-hydrogen) atoms. The first-order valence-electron chi connectivity index (χ1n) is 6.81. The molecule has 0 saturated heterocycles. The summed E-state index contributed by atoms with van der Waals surface area (Å²) in [6.07, 6.45) is 3.78. The van der Waals surface area contributed by atoms with Crippen molar-refractivity contribution in [2.24, 2.45) is 10.9 Å². The molecule has 7 nitrogen and oxygen atoms in total. The first-order valence-corrected chi connectivity index (χ1v) is 6.81. The lowest BCUT2D eigenvalue weighted by molar-refractivity contribution is 0.318. The lowest BCUT2D eigenvalue weighted by Gasteiger charge is -2.30. The Morgan fingerprint density at radius 2 is 2.19 bits per heavy atom. The average molecular weight is 286 g/mol. The zero-order valence-corrected chi connectivity index (χ0v) is 12.1. The minimum absolute atomic E-state index is 0.0870. The van der Waals surface area contributed by atoms with Crippen LogP contribution in [0.3, 0.4) is 0 Å². The molecule has 2 aromatic rings. The third kappa shape index (κ3) is 2.31. The molecule has 2 aromatic heterocycles. The van der Waals surface area contributed by atoms with Crippen LogP contribution in [0.5, 0.6) is 0 Å². The summed E-state index contributed by atoms with van der Waals surface area (Å²) in [7, 11) is 0. The van der Waals surface area contributed by atoms with E-state index in [-0.39, 0.29) is 5.84 Å². The summed E-state index contributed by atoms with van der Waals surface area (Å²) < 4.78 is 2.13. The van der Waals surface area contributed by atoms with E-state index in [1.54, 1.807) is 6.20 Å². The van der Waals surface area contributed by atoms with Gasteiger partial charge in [-0.05, 0) is 25.5 Å². The van der Waals surface area contributed by atoms with E-state index in [1.165, 1.54) is 0 Å². The third-order valence-electron chi connectivity index (χ3n) is 3.73.